The molecule has 6 heteroatoms. The van der Waals surface area contributed by atoms with Crippen LogP contribution in [0.4, 0.5) is 5.69 Å². The lowest BCUT2D eigenvalue weighted by Crippen LogP contribution is -2.53. The molecule has 6 nitrogen and oxygen atoms in total. The summed E-state index contributed by atoms with van der Waals surface area (Å²) in [5.41, 5.74) is -2.42. The van der Waals surface area contributed by atoms with Gasteiger partial charge in [-0.25, -0.2) is 9.59 Å². The predicted molar refractivity (Wildman–Crippen MR) is 93.3 cm³/mol. The number of para-hydroxylation sites is 1. The lowest BCUT2D eigenvalue weighted by molar-refractivity contribution is -0.168. The minimum Gasteiger partial charge on any atom is -0.508 e. The van der Waals surface area contributed by atoms with Crippen molar-refractivity contribution in [2.45, 2.75) is 31.9 Å². The van der Waals surface area contributed by atoms with Gasteiger partial charge in [-0.3, -0.25) is 0 Å². The van der Waals surface area contributed by atoms with Gasteiger partial charge in [0.05, 0.1) is 0 Å². The van der Waals surface area contributed by atoms with Crippen LogP contribution >= 0.6 is 0 Å². The Morgan fingerprint density at radius 1 is 0.960 bits per heavy atom. The second-order valence-electron chi connectivity index (χ2n) is 6.59. The molecule has 3 N–H and O–H groups in total. The number of carboxylic acid groups (broad SMARTS) is 1. The molecule has 0 aliphatic carbocycles. The molecule has 0 heterocycles. The van der Waals surface area contributed by atoms with Gasteiger partial charge in [-0.1, -0.05) is 30.3 Å². The lowest BCUT2D eigenvalue weighted by atomic mass is 9.89. The van der Waals surface area contributed by atoms with Crippen molar-refractivity contribution in [3.05, 3.63) is 60.2 Å². The number of nitrogens with one attached hydrogen (secondary N) is 1. The molecule has 0 aromatic heterocycles. The summed E-state index contributed by atoms with van der Waals surface area (Å²) in [6.07, 6.45) is 0. The van der Waals surface area contributed by atoms with E-state index in [0.29, 0.717) is 5.69 Å². The van der Waals surface area contributed by atoms with Crippen molar-refractivity contribution in [3.63, 3.8) is 0 Å². The highest BCUT2D eigenvalue weighted by atomic mass is 16.6. The molecule has 0 radical (unpaired) electrons. The number of rotatable bonds is 5. The Bertz CT molecular complexity index is 750. The van der Waals surface area contributed by atoms with E-state index < -0.39 is 23.1 Å². The molecule has 0 aliphatic heterocycles. The van der Waals surface area contributed by atoms with Crippen molar-refractivity contribution >= 4 is 17.6 Å². The van der Waals surface area contributed by atoms with Gasteiger partial charge < -0.3 is 20.3 Å². The summed E-state index contributed by atoms with van der Waals surface area (Å²) in [7, 11) is 0. The van der Waals surface area contributed by atoms with Crippen LogP contribution in [0.15, 0.2) is 54.6 Å². The van der Waals surface area contributed by atoms with Crippen molar-refractivity contribution in [1.29, 1.82) is 0 Å². The number of aliphatic carboxylic acids is 1. The summed E-state index contributed by atoms with van der Waals surface area (Å²) in [5.74, 6) is -2.38. The number of phenols is 1. The summed E-state index contributed by atoms with van der Waals surface area (Å²) < 4.78 is 5.38. The third-order valence-electron chi connectivity index (χ3n) is 3.43. The molecule has 1 unspecified atom stereocenters. The van der Waals surface area contributed by atoms with Crippen molar-refractivity contribution < 1.29 is 24.5 Å². The number of carbonyl (C=O) groups excluding carboxylic acids is 1. The maximum Gasteiger partial charge on any atom is 0.348 e. The molecule has 132 valence electrons. The van der Waals surface area contributed by atoms with E-state index in [4.69, 9.17) is 4.74 Å². The quantitative estimate of drug-likeness (QED) is 0.570. The fraction of sp³-hybridized carbons (Fsp3) is 0.263. The number of esters is 1. The largest absolute Gasteiger partial charge is 0.508 e. The highest BCUT2D eigenvalue weighted by molar-refractivity contribution is 6.08. The smallest absolute Gasteiger partial charge is 0.348 e. The van der Waals surface area contributed by atoms with Gasteiger partial charge in [-0.15, -0.1) is 0 Å². The zero-order chi connectivity index (χ0) is 18.7. The number of hydrogen-bond acceptors (Lipinski definition) is 5. The minimum absolute atomic E-state index is 0.0352. The number of anilines is 1. The Morgan fingerprint density at radius 2 is 1.52 bits per heavy atom. The van der Waals surface area contributed by atoms with Crippen LogP contribution < -0.4 is 5.32 Å². The van der Waals surface area contributed by atoms with Gasteiger partial charge in [0.15, 0.2) is 0 Å². The molecule has 0 bridgehead atoms. The summed E-state index contributed by atoms with van der Waals surface area (Å²) >= 11 is 0. The predicted octanol–water partition coefficient (Wildman–Crippen LogP) is 3.13. The Balaban J connectivity index is 2.60. The van der Waals surface area contributed by atoms with Crippen molar-refractivity contribution in [2.24, 2.45) is 0 Å². The third kappa shape index (κ3) is 4.09. The van der Waals surface area contributed by atoms with Crippen LogP contribution in [0.1, 0.15) is 26.3 Å². The van der Waals surface area contributed by atoms with Crippen LogP contribution in [0.2, 0.25) is 0 Å². The van der Waals surface area contributed by atoms with E-state index in [1.807, 2.05) is 0 Å². The first-order valence-electron chi connectivity index (χ1n) is 7.75. The van der Waals surface area contributed by atoms with Gasteiger partial charge in [0.2, 0.25) is 0 Å². The van der Waals surface area contributed by atoms with E-state index in [1.54, 1.807) is 51.1 Å². The fourth-order valence-corrected chi connectivity index (χ4v) is 2.31. The maximum absolute atomic E-state index is 12.9. The molecule has 0 saturated heterocycles. The standard InChI is InChI=1S/C19H21NO5/c1-18(2,3)25-17(24)19(16(22)23,13-9-11-15(21)12-10-13)20-14-7-5-4-6-8-14/h4-12,20-21H,1-3H3,(H,22,23). The van der Waals surface area contributed by atoms with Crippen LogP contribution in [0.25, 0.3) is 0 Å². The number of hydrogen-bond donors (Lipinski definition) is 3. The van der Waals surface area contributed by atoms with Gasteiger partial charge >= 0.3 is 11.9 Å². The van der Waals surface area contributed by atoms with Gasteiger partial charge in [-0.2, -0.15) is 0 Å². The zero-order valence-electron chi connectivity index (χ0n) is 14.3. The van der Waals surface area contributed by atoms with Gasteiger partial charge in [-0.05, 0) is 45.0 Å². The molecule has 0 amide bonds. The van der Waals surface area contributed by atoms with Crippen LogP contribution in [0.3, 0.4) is 0 Å². The van der Waals surface area contributed by atoms with Gasteiger partial charge in [0.25, 0.3) is 5.54 Å². The number of aromatic hydroxyl groups is 1. The molecule has 1 atom stereocenters. The molecular weight excluding hydrogens is 322 g/mol. The Hall–Kier alpha value is -3.02. The van der Waals surface area contributed by atoms with E-state index in [9.17, 15) is 19.8 Å². The normalized spacial score (nSPS) is 13.6. The van der Waals surface area contributed by atoms with Crippen molar-refractivity contribution in [2.75, 3.05) is 5.32 Å². The number of phenolic OH excluding ortho intramolecular Hbond substituents is 1. The maximum atomic E-state index is 12.9. The number of carboxylic acids is 1. The number of carbonyl (C=O) groups is 2. The average molecular weight is 343 g/mol. The van der Waals surface area contributed by atoms with Crippen LogP contribution in [-0.4, -0.2) is 27.8 Å². The Kier molecular flexibility index (Phi) is 5.02. The highest BCUT2D eigenvalue weighted by Gasteiger charge is 2.51. The first-order valence-corrected chi connectivity index (χ1v) is 7.75. The van der Waals surface area contributed by atoms with Gasteiger partial charge in [0, 0.05) is 11.3 Å². The summed E-state index contributed by atoms with van der Waals surface area (Å²) in [6.45, 7) is 4.99. The third-order valence-corrected chi connectivity index (χ3v) is 3.43. The van der Waals surface area contributed by atoms with Crippen LogP contribution in [0.5, 0.6) is 5.75 Å². The zero-order valence-corrected chi connectivity index (χ0v) is 14.3. The second-order valence-corrected chi connectivity index (χ2v) is 6.59. The Morgan fingerprint density at radius 3 is 2.00 bits per heavy atom. The highest BCUT2D eigenvalue weighted by Crippen LogP contribution is 2.31. The summed E-state index contributed by atoms with van der Waals surface area (Å²) in [4.78, 5) is 25.1. The van der Waals surface area contributed by atoms with E-state index in [0.717, 1.165) is 0 Å². The summed E-state index contributed by atoms with van der Waals surface area (Å²) in [6, 6.07) is 13.9. The number of benzene rings is 2. The molecule has 2 aromatic carbocycles. The van der Waals surface area contributed by atoms with E-state index >= 15 is 0 Å². The van der Waals surface area contributed by atoms with Crippen LogP contribution in [-0.2, 0) is 19.9 Å². The molecule has 0 aliphatic rings. The van der Waals surface area contributed by atoms with E-state index in [2.05, 4.69) is 5.32 Å². The molecule has 2 aromatic rings. The molecule has 2 rings (SSSR count). The topological polar surface area (TPSA) is 95.9 Å². The second kappa shape index (κ2) is 6.84. The first-order chi connectivity index (χ1) is 11.6. The van der Waals surface area contributed by atoms with E-state index in [-0.39, 0.29) is 11.3 Å². The average Bonchev–Trinajstić information content (AvgIpc) is 2.52. The Labute approximate surface area is 146 Å². The SMILES string of the molecule is CC(C)(C)OC(=O)C(Nc1ccccc1)(C(=O)O)c1ccc(O)cc1. The molecule has 0 fully saturated rings. The molecule has 25 heavy (non-hydrogen) atoms. The van der Waals surface area contributed by atoms with Crippen molar-refractivity contribution in [1.82, 2.24) is 0 Å². The monoisotopic (exact) mass is 343 g/mol. The minimum atomic E-state index is -2.15. The first kappa shape index (κ1) is 18.3. The van der Waals surface area contributed by atoms with E-state index in [1.165, 1.54) is 24.3 Å². The van der Waals surface area contributed by atoms with Gasteiger partial charge in [0.1, 0.15) is 11.4 Å². The molecule has 0 saturated carbocycles. The lowest BCUT2D eigenvalue weighted by Gasteiger charge is -2.33. The summed E-state index contributed by atoms with van der Waals surface area (Å²) in [5, 5.41) is 22.2. The molecular formula is C19H21NO5. The van der Waals surface area contributed by atoms with Crippen LogP contribution in [0, 0.1) is 0 Å². The number of ether oxygens (including phenoxy) is 1. The van der Waals surface area contributed by atoms with Crippen molar-refractivity contribution in [3.8, 4) is 5.75 Å². The molecule has 0 spiro atoms. The fourth-order valence-electron chi connectivity index (χ4n) is 2.31.